The van der Waals surface area contributed by atoms with Crippen LogP contribution in [0.3, 0.4) is 0 Å². The molecule has 7 heteroatoms. The molecule has 0 saturated carbocycles. The summed E-state index contributed by atoms with van der Waals surface area (Å²) >= 11 is 0. The molecule has 0 aliphatic carbocycles. The third-order valence-corrected chi connectivity index (χ3v) is 5.45. The lowest BCUT2D eigenvalue weighted by molar-refractivity contribution is 0.159. The molecule has 0 amide bonds. The van der Waals surface area contributed by atoms with E-state index in [1.54, 1.807) is 0 Å². The molecule has 2 heterocycles. The summed E-state index contributed by atoms with van der Waals surface area (Å²) in [5.74, 6) is 3.27. The van der Waals surface area contributed by atoms with Crippen molar-refractivity contribution in [3.05, 3.63) is 42.4 Å². The molecule has 1 fully saturated rings. The van der Waals surface area contributed by atoms with Gasteiger partial charge in [0.25, 0.3) is 0 Å². The second-order valence-electron chi connectivity index (χ2n) is 8.56. The normalized spacial score (nSPS) is 17.6. The number of imidazole rings is 1. The lowest BCUT2D eigenvalue weighted by Gasteiger charge is -2.34. The van der Waals surface area contributed by atoms with Crippen LogP contribution in [0.25, 0.3) is 11.3 Å². The van der Waals surface area contributed by atoms with Gasteiger partial charge in [0.1, 0.15) is 5.82 Å². The van der Waals surface area contributed by atoms with Crippen LogP contribution in [0.1, 0.15) is 32.5 Å². The Labute approximate surface area is 198 Å². The second-order valence-corrected chi connectivity index (χ2v) is 8.56. The predicted molar refractivity (Wildman–Crippen MR) is 136 cm³/mol. The van der Waals surface area contributed by atoms with Crippen LogP contribution in [-0.2, 0) is 6.54 Å². The number of hydrogen-bond donors (Lipinski definition) is 2. The number of aliphatic imine (C=N–C) groups is 1. The van der Waals surface area contributed by atoms with Gasteiger partial charge in [-0.05, 0) is 36.8 Å². The van der Waals surface area contributed by atoms with E-state index in [0.29, 0.717) is 12.5 Å². The van der Waals surface area contributed by atoms with Gasteiger partial charge in [0, 0.05) is 33.7 Å². The molecule has 0 spiro atoms. The smallest absolute Gasteiger partial charge is 0.193 e. The third-order valence-electron chi connectivity index (χ3n) is 5.45. The van der Waals surface area contributed by atoms with E-state index in [9.17, 15) is 0 Å². The Bertz CT molecular complexity index is 773. The number of rotatable bonds is 7. The molecule has 1 aliphatic heterocycles. The number of aromatic nitrogens is 2. The third kappa shape index (κ3) is 7.27. The van der Waals surface area contributed by atoms with Crippen LogP contribution in [0.2, 0.25) is 0 Å². The standard InChI is InChI=1S/C23H36N6.HI/c1-18(2)15-29-12-8-9-19(16-29)13-26-23(24-3)28(4)17-22-25-14-21(27-22)20-10-6-5-7-11-20;/h5-7,10-11,14,18-19H,8-9,12-13,15-17H2,1-4H3,(H,24,26)(H,25,27);1H. The fraction of sp³-hybridized carbons (Fsp3) is 0.565. The molecule has 1 aromatic carbocycles. The van der Waals surface area contributed by atoms with Crippen molar-refractivity contribution in [2.75, 3.05) is 40.3 Å². The summed E-state index contributed by atoms with van der Waals surface area (Å²) in [6.45, 7) is 9.89. The van der Waals surface area contributed by atoms with Gasteiger partial charge in [-0.1, -0.05) is 44.2 Å². The van der Waals surface area contributed by atoms with Crippen LogP contribution in [0, 0.1) is 11.8 Å². The number of aromatic amines is 1. The zero-order chi connectivity index (χ0) is 20.6. The minimum atomic E-state index is 0. The van der Waals surface area contributed by atoms with Crippen molar-refractivity contribution in [1.82, 2.24) is 25.1 Å². The first-order valence-electron chi connectivity index (χ1n) is 10.8. The highest BCUT2D eigenvalue weighted by Crippen LogP contribution is 2.18. The minimum absolute atomic E-state index is 0. The molecule has 166 valence electrons. The van der Waals surface area contributed by atoms with Crippen molar-refractivity contribution in [2.24, 2.45) is 16.8 Å². The predicted octanol–water partition coefficient (Wildman–Crippen LogP) is 4.07. The number of hydrogen-bond acceptors (Lipinski definition) is 3. The van der Waals surface area contributed by atoms with Gasteiger partial charge in [0.15, 0.2) is 5.96 Å². The van der Waals surface area contributed by atoms with Crippen molar-refractivity contribution in [3.63, 3.8) is 0 Å². The Morgan fingerprint density at radius 1 is 1.33 bits per heavy atom. The first kappa shape index (κ1) is 24.7. The van der Waals surface area contributed by atoms with Crippen molar-refractivity contribution < 1.29 is 0 Å². The van der Waals surface area contributed by atoms with E-state index in [2.05, 4.69) is 63.1 Å². The topological polar surface area (TPSA) is 59.6 Å². The number of likely N-dealkylation sites (tertiary alicyclic amines) is 1. The summed E-state index contributed by atoms with van der Waals surface area (Å²) in [7, 11) is 3.91. The highest BCUT2D eigenvalue weighted by molar-refractivity contribution is 14.0. The first-order valence-corrected chi connectivity index (χ1v) is 10.8. The van der Waals surface area contributed by atoms with Crippen molar-refractivity contribution in [2.45, 2.75) is 33.2 Å². The Hall–Kier alpha value is -1.61. The summed E-state index contributed by atoms with van der Waals surface area (Å²) in [6.07, 6.45) is 4.49. The average Bonchev–Trinajstić information content (AvgIpc) is 3.17. The molecule has 1 unspecified atom stereocenters. The molecule has 1 aliphatic rings. The molecule has 1 aromatic heterocycles. The lowest BCUT2D eigenvalue weighted by Crippen LogP contribution is -2.45. The Kier molecular flexibility index (Phi) is 10.1. The number of piperidine rings is 1. The molecule has 1 saturated heterocycles. The Balaban J connectivity index is 0.00000320. The number of halogens is 1. The first-order chi connectivity index (χ1) is 14.0. The molecule has 1 atom stereocenters. The molecule has 3 rings (SSSR count). The lowest BCUT2D eigenvalue weighted by atomic mass is 9.97. The molecule has 6 nitrogen and oxygen atoms in total. The van der Waals surface area contributed by atoms with E-state index in [4.69, 9.17) is 0 Å². The highest BCUT2D eigenvalue weighted by Gasteiger charge is 2.21. The number of H-pyrrole nitrogens is 1. The van der Waals surface area contributed by atoms with E-state index in [-0.39, 0.29) is 24.0 Å². The molecule has 2 N–H and O–H groups in total. The van der Waals surface area contributed by atoms with Gasteiger partial charge >= 0.3 is 0 Å². The highest BCUT2D eigenvalue weighted by atomic mass is 127. The van der Waals surface area contributed by atoms with Gasteiger partial charge in [-0.2, -0.15) is 0 Å². The van der Waals surface area contributed by atoms with Gasteiger partial charge in [0.2, 0.25) is 0 Å². The maximum absolute atomic E-state index is 4.55. The van der Waals surface area contributed by atoms with Crippen molar-refractivity contribution >= 4 is 29.9 Å². The number of nitrogens with zero attached hydrogens (tertiary/aromatic N) is 4. The monoisotopic (exact) mass is 524 g/mol. The average molecular weight is 524 g/mol. The van der Waals surface area contributed by atoms with E-state index in [1.165, 1.54) is 32.5 Å². The Morgan fingerprint density at radius 2 is 2.10 bits per heavy atom. The maximum Gasteiger partial charge on any atom is 0.193 e. The molecule has 0 radical (unpaired) electrons. The number of guanidine groups is 1. The van der Waals surface area contributed by atoms with Crippen LogP contribution in [0.5, 0.6) is 0 Å². The molecular weight excluding hydrogens is 487 g/mol. The Morgan fingerprint density at radius 3 is 2.80 bits per heavy atom. The van der Waals surface area contributed by atoms with Crippen molar-refractivity contribution in [3.8, 4) is 11.3 Å². The zero-order valence-electron chi connectivity index (χ0n) is 18.8. The molecule has 0 bridgehead atoms. The summed E-state index contributed by atoms with van der Waals surface area (Å²) in [5.41, 5.74) is 2.20. The summed E-state index contributed by atoms with van der Waals surface area (Å²) in [6, 6.07) is 10.3. The van der Waals surface area contributed by atoms with E-state index in [1.807, 2.05) is 31.4 Å². The van der Waals surface area contributed by atoms with E-state index < -0.39 is 0 Å². The van der Waals surface area contributed by atoms with Gasteiger partial charge in [-0.3, -0.25) is 4.99 Å². The SMILES string of the molecule is CN=C(NCC1CCCN(CC(C)C)C1)N(C)Cc1ncc(-c2ccccc2)[nH]1.I. The molecule has 30 heavy (non-hydrogen) atoms. The quantitative estimate of drug-likeness (QED) is 0.326. The van der Waals surface area contributed by atoms with Gasteiger partial charge in [-0.15, -0.1) is 24.0 Å². The largest absolute Gasteiger partial charge is 0.356 e. The van der Waals surface area contributed by atoms with Gasteiger partial charge in [0.05, 0.1) is 18.4 Å². The maximum atomic E-state index is 4.55. The van der Waals surface area contributed by atoms with Gasteiger partial charge in [-0.25, -0.2) is 4.98 Å². The number of nitrogens with one attached hydrogen (secondary N) is 2. The summed E-state index contributed by atoms with van der Waals surface area (Å²) in [4.78, 5) is 17.2. The summed E-state index contributed by atoms with van der Waals surface area (Å²) < 4.78 is 0. The second kappa shape index (κ2) is 12.3. The van der Waals surface area contributed by atoms with Crippen LogP contribution in [0.15, 0.2) is 41.5 Å². The fourth-order valence-electron chi connectivity index (χ4n) is 4.13. The fourth-order valence-corrected chi connectivity index (χ4v) is 4.13. The summed E-state index contributed by atoms with van der Waals surface area (Å²) in [5, 5.41) is 3.58. The zero-order valence-corrected chi connectivity index (χ0v) is 21.1. The molecule has 2 aromatic rings. The number of benzene rings is 1. The van der Waals surface area contributed by atoms with Crippen molar-refractivity contribution in [1.29, 1.82) is 0 Å². The van der Waals surface area contributed by atoms with E-state index >= 15 is 0 Å². The van der Waals surface area contributed by atoms with Crippen LogP contribution in [-0.4, -0.2) is 66.0 Å². The van der Waals surface area contributed by atoms with E-state index in [0.717, 1.165) is 35.5 Å². The van der Waals surface area contributed by atoms with Crippen LogP contribution in [0.4, 0.5) is 0 Å². The molecular formula is C23H37IN6. The van der Waals surface area contributed by atoms with Crippen LogP contribution < -0.4 is 5.32 Å². The minimum Gasteiger partial charge on any atom is -0.356 e. The van der Waals surface area contributed by atoms with Gasteiger partial charge < -0.3 is 20.1 Å². The van der Waals surface area contributed by atoms with Crippen LogP contribution >= 0.6 is 24.0 Å².